The van der Waals surface area contributed by atoms with Gasteiger partial charge in [-0.2, -0.15) is 0 Å². The standard InChI is InChI=1S/2C10H15.C2H6O.Zr/c2*1-3-4-5-10-7-6-9(2)8-10;1-3-2;/h2*7H,3-6H2,1-2H3;1-2H3;. The summed E-state index contributed by atoms with van der Waals surface area (Å²) in [5.41, 5.74) is 6.83. The normalized spacial score (nSPS) is 16.9. The average molecular weight is 408 g/mol. The molecule has 0 unspecified atom stereocenters. The fourth-order valence-electron chi connectivity index (χ4n) is 3.20. The van der Waals surface area contributed by atoms with E-state index in [0.717, 1.165) is 0 Å². The van der Waals surface area contributed by atoms with Gasteiger partial charge in [-0.25, -0.2) is 0 Å². The summed E-state index contributed by atoms with van der Waals surface area (Å²) in [5.74, 6) is 0. The number of unbranched alkanes of at least 4 members (excludes halogenated alkanes) is 2. The SMILES string of the molecule is CCCCC1=CCC(C)=[C]1[Zr][C]1=C(C)CC=C1CCCC.COC. The Morgan fingerprint density at radius 2 is 1.21 bits per heavy atom. The summed E-state index contributed by atoms with van der Waals surface area (Å²) in [5, 5.41) is 0. The van der Waals surface area contributed by atoms with Crippen molar-refractivity contribution < 1.29 is 28.0 Å². The molecule has 2 rings (SSSR count). The van der Waals surface area contributed by atoms with Crippen LogP contribution in [0.5, 0.6) is 0 Å². The fourth-order valence-corrected chi connectivity index (χ4v) is 7.27. The zero-order valence-corrected chi connectivity index (χ0v) is 19.2. The minimum atomic E-state index is -0.585. The van der Waals surface area contributed by atoms with Gasteiger partial charge < -0.3 is 4.74 Å². The Kier molecular flexibility index (Phi) is 11.1. The van der Waals surface area contributed by atoms with Crippen molar-refractivity contribution in [2.75, 3.05) is 14.2 Å². The van der Waals surface area contributed by atoms with Crippen molar-refractivity contribution >= 4 is 0 Å². The molecule has 2 aliphatic carbocycles. The van der Waals surface area contributed by atoms with Crippen LogP contribution < -0.4 is 0 Å². The largest absolute Gasteiger partial charge is 0.388 e. The number of hydrogen-bond donors (Lipinski definition) is 0. The molecule has 2 heteroatoms. The molecule has 0 aromatic heterocycles. The van der Waals surface area contributed by atoms with Gasteiger partial charge in [-0.05, 0) is 0 Å². The van der Waals surface area contributed by atoms with Gasteiger partial charge in [-0.15, -0.1) is 0 Å². The third-order valence-corrected chi connectivity index (χ3v) is 9.56. The number of hydrogen-bond acceptors (Lipinski definition) is 1. The summed E-state index contributed by atoms with van der Waals surface area (Å²) >= 11 is -0.585. The zero-order chi connectivity index (χ0) is 17.9. The van der Waals surface area contributed by atoms with Crippen molar-refractivity contribution in [1.82, 2.24) is 0 Å². The van der Waals surface area contributed by atoms with E-state index >= 15 is 0 Å². The maximum absolute atomic E-state index is 4.25. The van der Waals surface area contributed by atoms with E-state index in [9.17, 15) is 0 Å². The van der Waals surface area contributed by atoms with Crippen molar-refractivity contribution in [3.8, 4) is 0 Å². The minimum absolute atomic E-state index is 0.585. The molecule has 134 valence electrons. The number of allylic oxidation sites excluding steroid dienone is 8. The molecule has 0 bridgehead atoms. The van der Waals surface area contributed by atoms with Crippen LogP contribution in [0.4, 0.5) is 0 Å². The van der Waals surface area contributed by atoms with Crippen LogP contribution in [0.3, 0.4) is 0 Å². The third-order valence-electron chi connectivity index (χ3n) is 4.65. The summed E-state index contributed by atoms with van der Waals surface area (Å²) < 4.78 is 7.93. The predicted molar refractivity (Wildman–Crippen MR) is 103 cm³/mol. The zero-order valence-electron chi connectivity index (χ0n) is 16.7. The predicted octanol–water partition coefficient (Wildman–Crippen LogP) is 6.92. The third kappa shape index (κ3) is 6.60. The Hall–Kier alpha value is -0.197. The second-order valence-corrected chi connectivity index (χ2v) is 9.99. The van der Waals surface area contributed by atoms with Gasteiger partial charge >= 0.3 is 143 Å². The number of ether oxygens (including phenoxy) is 1. The van der Waals surface area contributed by atoms with Gasteiger partial charge in [0, 0.05) is 14.2 Å². The van der Waals surface area contributed by atoms with Crippen LogP contribution in [-0.4, -0.2) is 14.2 Å². The molecule has 0 atom stereocenters. The molecular weight excluding hydrogens is 371 g/mol. The first-order valence-corrected chi connectivity index (χ1v) is 12.0. The van der Waals surface area contributed by atoms with E-state index in [0.29, 0.717) is 0 Å². The Bertz CT molecular complexity index is 474. The molecule has 0 aliphatic heterocycles. The molecule has 0 saturated carbocycles. The van der Waals surface area contributed by atoms with Crippen LogP contribution in [0.2, 0.25) is 0 Å². The summed E-state index contributed by atoms with van der Waals surface area (Å²) in [4.78, 5) is 0. The van der Waals surface area contributed by atoms with Crippen molar-refractivity contribution in [2.24, 2.45) is 0 Å². The van der Waals surface area contributed by atoms with Crippen LogP contribution in [0.15, 0.2) is 41.0 Å². The van der Waals surface area contributed by atoms with E-state index in [2.05, 4.69) is 44.6 Å². The van der Waals surface area contributed by atoms with E-state index < -0.39 is 23.2 Å². The summed E-state index contributed by atoms with van der Waals surface area (Å²) in [7, 11) is 3.25. The van der Waals surface area contributed by atoms with Crippen molar-refractivity contribution in [2.45, 2.75) is 79.1 Å². The fraction of sp³-hybridized carbons (Fsp3) is 0.636. The molecule has 2 aliphatic rings. The molecule has 0 N–H and O–H groups in total. The van der Waals surface area contributed by atoms with Crippen LogP contribution in [0.25, 0.3) is 0 Å². The second-order valence-electron chi connectivity index (χ2n) is 6.92. The van der Waals surface area contributed by atoms with Crippen LogP contribution >= 0.6 is 0 Å². The Morgan fingerprint density at radius 3 is 1.54 bits per heavy atom. The second kappa shape index (κ2) is 12.2. The molecule has 0 heterocycles. The first-order chi connectivity index (χ1) is 11.6. The number of methoxy groups -OCH3 is 1. The molecule has 0 amide bonds. The molecule has 0 radical (unpaired) electrons. The molecule has 1 nitrogen and oxygen atoms in total. The maximum Gasteiger partial charge on any atom is 0.0351 e. The smallest absolute Gasteiger partial charge is 0.0351 e. The van der Waals surface area contributed by atoms with Gasteiger partial charge in [0.25, 0.3) is 0 Å². The van der Waals surface area contributed by atoms with Crippen LogP contribution in [0.1, 0.15) is 79.1 Å². The van der Waals surface area contributed by atoms with Gasteiger partial charge in [-0.1, -0.05) is 0 Å². The van der Waals surface area contributed by atoms with E-state index in [1.807, 2.05) is 6.56 Å². The first-order valence-electron chi connectivity index (χ1n) is 9.54. The van der Waals surface area contributed by atoms with E-state index in [1.165, 1.54) is 51.4 Å². The molecule has 0 saturated heterocycles. The van der Waals surface area contributed by atoms with Crippen molar-refractivity contribution in [3.05, 3.63) is 41.0 Å². The Balaban J connectivity index is 0.000000891. The Labute approximate surface area is 161 Å². The van der Waals surface area contributed by atoms with Crippen LogP contribution in [0, 0.1) is 0 Å². The summed E-state index contributed by atoms with van der Waals surface area (Å²) in [6, 6.07) is 0. The molecule has 0 fully saturated rings. The van der Waals surface area contributed by atoms with E-state index in [1.54, 1.807) is 36.5 Å². The van der Waals surface area contributed by atoms with Gasteiger partial charge in [0.15, 0.2) is 0 Å². The van der Waals surface area contributed by atoms with Gasteiger partial charge in [0.05, 0.1) is 0 Å². The first kappa shape index (κ1) is 21.8. The van der Waals surface area contributed by atoms with Gasteiger partial charge in [0.1, 0.15) is 0 Å². The van der Waals surface area contributed by atoms with Gasteiger partial charge in [0.2, 0.25) is 0 Å². The summed E-state index contributed by atoms with van der Waals surface area (Å²) in [6.45, 7) is 9.37. The minimum Gasteiger partial charge on any atom is -0.388 e. The monoisotopic (exact) mass is 406 g/mol. The van der Waals surface area contributed by atoms with Crippen molar-refractivity contribution in [3.63, 3.8) is 0 Å². The molecule has 0 aromatic rings. The molecule has 24 heavy (non-hydrogen) atoms. The molecular formula is C22H36OZr. The number of rotatable bonds is 8. The summed E-state index contributed by atoms with van der Waals surface area (Å²) in [6.07, 6.45) is 15.5. The molecule has 0 spiro atoms. The van der Waals surface area contributed by atoms with Crippen LogP contribution in [-0.2, 0) is 28.0 Å². The van der Waals surface area contributed by atoms with Crippen molar-refractivity contribution in [1.29, 1.82) is 0 Å². The van der Waals surface area contributed by atoms with E-state index in [-0.39, 0.29) is 0 Å². The van der Waals surface area contributed by atoms with E-state index in [4.69, 9.17) is 0 Å². The quantitative estimate of drug-likeness (QED) is 0.424. The Morgan fingerprint density at radius 1 is 0.833 bits per heavy atom. The maximum atomic E-state index is 4.25. The van der Waals surface area contributed by atoms with Gasteiger partial charge in [-0.3, -0.25) is 0 Å². The molecule has 0 aromatic carbocycles. The average Bonchev–Trinajstić information content (AvgIpc) is 3.09. The topological polar surface area (TPSA) is 9.23 Å².